The Hall–Kier alpha value is -3.30. The van der Waals surface area contributed by atoms with E-state index in [2.05, 4.69) is 15.0 Å². The normalized spacial score (nSPS) is 14.7. The predicted octanol–water partition coefficient (Wildman–Crippen LogP) is 3.86. The first kappa shape index (κ1) is 21.5. The summed E-state index contributed by atoms with van der Waals surface area (Å²) < 4.78 is 38.2. The average Bonchev–Trinajstić information content (AvgIpc) is 3.53. The summed E-state index contributed by atoms with van der Waals surface area (Å²) in [7, 11) is -1.80. The van der Waals surface area contributed by atoms with Crippen LogP contribution in [0.1, 0.15) is 24.4 Å². The molecule has 0 amide bonds. The number of aryl methyl sites for hydroxylation is 2. The second kappa shape index (κ2) is 8.92. The number of hydrogen-bond donors (Lipinski definition) is 0. The van der Waals surface area contributed by atoms with Gasteiger partial charge in [-0.25, -0.2) is 13.4 Å². The molecule has 1 aliphatic rings. The molecule has 0 radical (unpaired) electrons. The minimum Gasteiger partial charge on any atom is -0.497 e. The largest absolute Gasteiger partial charge is 0.497 e. The Kier molecular flexibility index (Phi) is 5.82. The molecular formula is C24H24N4O4S. The van der Waals surface area contributed by atoms with Crippen LogP contribution in [-0.4, -0.2) is 47.9 Å². The topological polar surface area (TPSA) is 98.4 Å². The second-order valence-corrected chi connectivity index (χ2v) is 9.91. The lowest BCUT2D eigenvalue weighted by Crippen LogP contribution is -2.27. The zero-order valence-electron chi connectivity index (χ0n) is 18.3. The van der Waals surface area contributed by atoms with Gasteiger partial charge < -0.3 is 9.15 Å². The van der Waals surface area contributed by atoms with E-state index >= 15 is 0 Å². The molecule has 0 atom stereocenters. The number of aromatic nitrogens is 3. The van der Waals surface area contributed by atoms with Crippen molar-refractivity contribution in [2.45, 2.75) is 30.6 Å². The molecule has 0 N–H and O–H groups in total. The fourth-order valence-corrected chi connectivity index (χ4v) is 5.50. The maximum atomic E-state index is 12.7. The van der Waals surface area contributed by atoms with Gasteiger partial charge in [-0.05, 0) is 49.1 Å². The number of benzene rings is 1. The van der Waals surface area contributed by atoms with E-state index in [9.17, 15) is 8.42 Å². The lowest BCUT2D eigenvalue weighted by Gasteiger charge is -2.15. The highest BCUT2D eigenvalue weighted by molar-refractivity contribution is 7.89. The molecule has 9 heteroatoms. The van der Waals surface area contributed by atoms with E-state index in [1.807, 2.05) is 18.2 Å². The number of ether oxygens (including phenoxy) is 1. The van der Waals surface area contributed by atoms with Crippen molar-refractivity contribution in [3.8, 4) is 16.9 Å². The monoisotopic (exact) mass is 464 g/mol. The van der Waals surface area contributed by atoms with Crippen LogP contribution in [0.25, 0.3) is 22.4 Å². The number of methoxy groups -OCH3 is 1. The Morgan fingerprint density at radius 2 is 1.79 bits per heavy atom. The number of pyridine rings is 2. The molecule has 3 aromatic heterocycles. The minimum absolute atomic E-state index is 0.315. The van der Waals surface area contributed by atoms with Crippen molar-refractivity contribution in [2.75, 3.05) is 20.2 Å². The van der Waals surface area contributed by atoms with Gasteiger partial charge in [-0.1, -0.05) is 12.1 Å². The molecule has 1 fully saturated rings. The van der Waals surface area contributed by atoms with Gasteiger partial charge >= 0.3 is 0 Å². The van der Waals surface area contributed by atoms with Crippen LogP contribution in [0.15, 0.2) is 64.2 Å². The van der Waals surface area contributed by atoms with Gasteiger partial charge in [0.2, 0.25) is 10.0 Å². The predicted molar refractivity (Wildman–Crippen MR) is 123 cm³/mol. The summed E-state index contributed by atoms with van der Waals surface area (Å²) in [6.07, 6.45) is 6.53. The number of sulfonamides is 1. The summed E-state index contributed by atoms with van der Waals surface area (Å²) in [5, 5.41) is 0. The summed E-state index contributed by atoms with van der Waals surface area (Å²) in [5.74, 6) is 1.36. The van der Waals surface area contributed by atoms with Crippen molar-refractivity contribution < 1.29 is 17.6 Å². The van der Waals surface area contributed by atoms with E-state index in [0.29, 0.717) is 47.9 Å². The van der Waals surface area contributed by atoms with Crippen LogP contribution in [0, 0.1) is 0 Å². The number of nitrogens with zero attached hydrogens (tertiary/aromatic N) is 4. The van der Waals surface area contributed by atoms with Gasteiger partial charge in [-0.3, -0.25) is 4.98 Å². The quantitative estimate of drug-likeness (QED) is 0.409. The molecule has 0 spiro atoms. The van der Waals surface area contributed by atoms with Crippen LogP contribution in [0.3, 0.4) is 0 Å². The first-order valence-corrected chi connectivity index (χ1v) is 12.3. The zero-order chi connectivity index (χ0) is 22.8. The number of fused-ring (bicyclic) bond motifs is 1. The van der Waals surface area contributed by atoms with Crippen LogP contribution in [0.4, 0.5) is 0 Å². The first-order valence-electron chi connectivity index (χ1n) is 10.9. The average molecular weight is 465 g/mol. The lowest BCUT2D eigenvalue weighted by molar-refractivity contribution is 0.413. The standard InChI is InChI=1S/C24H24N4O4S/c1-31-20-10-11-25-19(15-20)6-9-23-27-24-22(32-23)14-18(16-26-24)17-4-7-21(8-5-17)33(29,30)28-12-2-3-13-28/h4-5,7-8,10-11,14-16H,2-3,6,9,12-13H2,1H3. The molecule has 1 aromatic carbocycles. The van der Waals surface area contributed by atoms with E-state index in [1.54, 1.807) is 48.1 Å². The van der Waals surface area contributed by atoms with Gasteiger partial charge in [-0.2, -0.15) is 9.29 Å². The van der Waals surface area contributed by atoms with E-state index in [0.717, 1.165) is 35.4 Å². The van der Waals surface area contributed by atoms with E-state index in [4.69, 9.17) is 9.15 Å². The van der Waals surface area contributed by atoms with E-state index in [1.165, 1.54) is 0 Å². The molecule has 1 saturated heterocycles. The fraction of sp³-hybridized carbons (Fsp3) is 0.292. The van der Waals surface area contributed by atoms with Crippen molar-refractivity contribution in [3.05, 3.63) is 66.4 Å². The second-order valence-electron chi connectivity index (χ2n) is 7.98. The number of rotatable bonds is 7. The lowest BCUT2D eigenvalue weighted by atomic mass is 10.1. The molecule has 4 aromatic rings. The van der Waals surface area contributed by atoms with Crippen LogP contribution >= 0.6 is 0 Å². The molecule has 1 aliphatic heterocycles. The van der Waals surface area contributed by atoms with Crippen molar-refractivity contribution >= 4 is 21.3 Å². The van der Waals surface area contributed by atoms with Crippen LogP contribution in [0.2, 0.25) is 0 Å². The highest BCUT2D eigenvalue weighted by Crippen LogP contribution is 2.27. The molecule has 170 valence electrons. The Bertz CT molecular complexity index is 1380. The molecule has 0 unspecified atom stereocenters. The molecule has 33 heavy (non-hydrogen) atoms. The van der Waals surface area contributed by atoms with Gasteiger partial charge in [0.25, 0.3) is 0 Å². The van der Waals surface area contributed by atoms with Crippen LogP contribution in [-0.2, 0) is 22.9 Å². The SMILES string of the molecule is COc1ccnc(CCc2nc3ncc(-c4ccc(S(=O)(=O)N5CCCC5)cc4)cc3o2)c1. The first-order chi connectivity index (χ1) is 16.0. The van der Waals surface area contributed by atoms with E-state index < -0.39 is 10.0 Å². The van der Waals surface area contributed by atoms with Gasteiger partial charge in [0.1, 0.15) is 5.75 Å². The smallest absolute Gasteiger partial charge is 0.243 e. The van der Waals surface area contributed by atoms with Crippen LogP contribution in [0.5, 0.6) is 5.75 Å². The highest BCUT2D eigenvalue weighted by atomic mass is 32.2. The van der Waals surface area contributed by atoms with Crippen molar-refractivity contribution in [2.24, 2.45) is 0 Å². The maximum absolute atomic E-state index is 12.7. The molecular weight excluding hydrogens is 440 g/mol. The van der Waals surface area contributed by atoms with Gasteiger partial charge in [0.05, 0.1) is 12.0 Å². The number of oxazole rings is 1. The summed E-state index contributed by atoms with van der Waals surface area (Å²) >= 11 is 0. The summed E-state index contributed by atoms with van der Waals surface area (Å²) in [6.45, 7) is 1.18. The highest BCUT2D eigenvalue weighted by Gasteiger charge is 2.27. The molecule has 4 heterocycles. The van der Waals surface area contributed by atoms with E-state index in [-0.39, 0.29) is 0 Å². The molecule has 0 aliphatic carbocycles. The summed E-state index contributed by atoms with van der Waals surface area (Å²) in [6, 6.07) is 12.5. The summed E-state index contributed by atoms with van der Waals surface area (Å²) in [4.78, 5) is 13.6. The Morgan fingerprint density at radius 3 is 2.55 bits per heavy atom. The minimum atomic E-state index is -3.43. The van der Waals surface area contributed by atoms with Crippen molar-refractivity contribution in [1.29, 1.82) is 0 Å². The number of hydrogen-bond acceptors (Lipinski definition) is 7. The third-order valence-corrected chi connectivity index (χ3v) is 7.71. The van der Waals surface area contributed by atoms with Gasteiger partial charge in [0, 0.05) is 49.2 Å². The fourth-order valence-electron chi connectivity index (χ4n) is 3.98. The molecule has 8 nitrogen and oxygen atoms in total. The Labute approximate surface area is 192 Å². The maximum Gasteiger partial charge on any atom is 0.243 e. The zero-order valence-corrected chi connectivity index (χ0v) is 19.1. The van der Waals surface area contributed by atoms with Crippen molar-refractivity contribution in [1.82, 2.24) is 19.3 Å². The molecule has 0 saturated carbocycles. The third kappa shape index (κ3) is 4.46. The van der Waals surface area contributed by atoms with Gasteiger partial charge in [0.15, 0.2) is 17.1 Å². The third-order valence-electron chi connectivity index (χ3n) is 5.80. The summed E-state index contributed by atoms with van der Waals surface area (Å²) in [5.41, 5.74) is 3.73. The van der Waals surface area contributed by atoms with Gasteiger partial charge in [-0.15, -0.1) is 0 Å². The Morgan fingerprint density at radius 1 is 1.00 bits per heavy atom. The molecule has 5 rings (SSSR count). The van der Waals surface area contributed by atoms with Crippen LogP contribution < -0.4 is 4.74 Å². The Balaban J connectivity index is 1.33. The van der Waals surface area contributed by atoms with Crippen molar-refractivity contribution in [3.63, 3.8) is 0 Å². The molecule has 0 bridgehead atoms.